The van der Waals surface area contributed by atoms with E-state index in [1.807, 2.05) is 0 Å². The molecule has 7 heteroatoms. The second-order valence-electron chi connectivity index (χ2n) is 10.3. The van der Waals surface area contributed by atoms with Crippen LogP contribution in [0.2, 0.25) is 0 Å². The zero-order valence-corrected chi connectivity index (χ0v) is 20.0. The molecule has 2 fully saturated rings. The molecule has 2 saturated carbocycles. The van der Waals surface area contributed by atoms with Gasteiger partial charge in [0.15, 0.2) is 0 Å². The molecule has 0 unspecified atom stereocenters. The topological polar surface area (TPSA) is 26.3 Å². The average molecular weight is 489 g/mol. The van der Waals surface area contributed by atoms with E-state index in [0.29, 0.717) is 18.1 Å². The van der Waals surface area contributed by atoms with E-state index in [1.54, 1.807) is 0 Å². The summed E-state index contributed by atoms with van der Waals surface area (Å²) in [5.74, 6) is -3.36. The van der Waals surface area contributed by atoms with Crippen molar-refractivity contribution in [2.24, 2.45) is 23.7 Å². The Hall–Kier alpha value is -1.66. The number of halogens is 5. The van der Waals surface area contributed by atoms with Crippen molar-refractivity contribution in [3.05, 3.63) is 29.8 Å². The highest BCUT2D eigenvalue weighted by Crippen LogP contribution is 2.45. The van der Waals surface area contributed by atoms with Crippen LogP contribution in [0, 0.1) is 23.7 Å². The lowest BCUT2D eigenvalue weighted by Gasteiger charge is -2.37. The van der Waals surface area contributed by atoms with Crippen LogP contribution >= 0.6 is 0 Å². The van der Waals surface area contributed by atoms with E-state index in [9.17, 15) is 26.7 Å². The van der Waals surface area contributed by atoms with Gasteiger partial charge in [-0.1, -0.05) is 51.9 Å². The summed E-state index contributed by atoms with van der Waals surface area (Å²) in [4.78, 5) is 12.5. The predicted molar refractivity (Wildman–Crippen MR) is 122 cm³/mol. The van der Waals surface area contributed by atoms with E-state index in [4.69, 9.17) is 4.74 Å². The third-order valence-corrected chi connectivity index (χ3v) is 7.92. The molecule has 2 aliphatic rings. The van der Waals surface area contributed by atoms with Gasteiger partial charge in [0.2, 0.25) is 0 Å². The fourth-order valence-corrected chi connectivity index (χ4v) is 5.73. The van der Waals surface area contributed by atoms with Crippen LogP contribution in [-0.4, -0.2) is 12.1 Å². The number of ether oxygens (including phenoxy) is 1. The van der Waals surface area contributed by atoms with E-state index in [-0.39, 0.29) is 11.7 Å². The molecule has 0 aromatic heterocycles. The van der Waals surface area contributed by atoms with Crippen LogP contribution in [0.4, 0.5) is 22.0 Å². The van der Waals surface area contributed by atoms with Crippen molar-refractivity contribution >= 4 is 5.97 Å². The summed E-state index contributed by atoms with van der Waals surface area (Å²) in [6.45, 7) is 2.24. The molecule has 0 radical (unpaired) electrons. The summed E-state index contributed by atoms with van der Waals surface area (Å²) in [6, 6.07) is 3.32. The van der Waals surface area contributed by atoms with Crippen molar-refractivity contribution in [3.8, 4) is 5.75 Å². The Morgan fingerprint density at radius 2 is 1.38 bits per heavy atom. The molecule has 0 heterocycles. The van der Waals surface area contributed by atoms with Gasteiger partial charge in [-0.25, -0.2) is 0 Å². The second kappa shape index (κ2) is 11.9. The summed E-state index contributed by atoms with van der Waals surface area (Å²) in [5, 5.41) is 0. The van der Waals surface area contributed by atoms with Gasteiger partial charge in [0.25, 0.3) is 0 Å². The Bertz CT molecular complexity index is 758. The Morgan fingerprint density at radius 3 is 1.91 bits per heavy atom. The molecule has 1 aromatic carbocycles. The van der Waals surface area contributed by atoms with Crippen LogP contribution in [-0.2, 0) is 10.7 Å². The van der Waals surface area contributed by atoms with Crippen LogP contribution in [0.3, 0.4) is 0 Å². The third-order valence-electron chi connectivity index (χ3n) is 7.92. The molecule has 2 aliphatic carbocycles. The maximum Gasteiger partial charge on any atom is 0.458 e. The number of alkyl halides is 5. The molecule has 34 heavy (non-hydrogen) atoms. The number of unbranched alkanes of at least 4 members (excludes halogenated alkanes) is 3. The van der Waals surface area contributed by atoms with Crippen LogP contribution in [0.1, 0.15) is 96.0 Å². The number of hydrogen-bond acceptors (Lipinski definition) is 2. The molecule has 0 saturated heterocycles. The normalized spacial score (nSPS) is 26.3. The van der Waals surface area contributed by atoms with Crippen molar-refractivity contribution < 1.29 is 31.5 Å². The van der Waals surface area contributed by atoms with Crippen LogP contribution < -0.4 is 4.74 Å². The maximum atomic E-state index is 13.4. The smallest absolute Gasteiger partial charge is 0.426 e. The SMILES string of the molecule is CCCCCCC1CCC(C2CCC(C(=O)Oc3ccc(C(F)(F)C(F)(F)F)cc3)CC2)CC1. The zero-order chi connectivity index (χ0) is 24.8. The molecular formula is C27H37F5O2. The van der Waals surface area contributed by atoms with Crippen molar-refractivity contribution in [1.82, 2.24) is 0 Å². The molecule has 0 spiro atoms. The minimum absolute atomic E-state index is 0.00823. The molecule has 0 N–H and O–H groups in total. The van der Waals surface area contributed by atoms with Gasteiger partial charge in [0, 0.05) is 5.56 Å². The highest BCUT2D eigenvalue weighted by molar-refractivity contribution is 5.75. The molecule has 0 aliphatic heterocycles. The molecular weight excluding hydrogens is 451 g/mol. The van der Waals surface area contributed by atoms with Crippen molar-refractivity contribution in [2.45, 2.75) is 102 Å². The number of esters is 1. The Kier molecular flexibility index (Phi) is 9.39. The second-order valence-corrected chi connectivity index (χ2v) is 10.3. The first kappa shape index (κ1) is 26.9. The monoisotopic (exact) mass is 488 g/mol. The minimum atomic E-state index is -5.67. The Morgan fingerprint density at radius 1 is 0.824 bits per heavy atom. The van der Waals surface area contributed by atoms with Crippen LogP contribution in [0.5, 0.6) is 5.75 Å². The van der Waals surface area contributed by atoms with Gasteiger partial charge < -0.3 is 4.74 Å². The number of hydrogen-bond donors (Lipinski definition) is 0. The average Bonchev–Trinajstić information content (AvgIpc) is 2.82. The van der Waals surface area contributed by atoms with E-state index >= 15 is 0 Å². The number of carbonyl (C=O) groups excluding carboxylic acids is 1. The van der Waals surface area contributed by atoms with E-state index < -0.39 is 23.6 Å². The van der Waals surface area contributed by atoms with E-state index in [2.05, 4.69) is 6.92 Å². The van der Waals surface area contributed by atoms with Gasteiger partial charge in [0.1, 0.15) is 5.75 Å². The van der Waals surface area contributed by atoms with E-state index in [0.717, 1.165) is 49.7 Å². The first-order chi connectivity index (χ1) is 16.1. The molecule has 2 nitrogen and oxygen atoms in total. The van der Waals surface area contributed by atoms with Gasteiger partial charge >= 0.3 is 18.1 Å². The van der Waals surface area contributed by atoms with Gasteiger partial charge in [-0.05, 0) is 80.5 Å². The molecule has 3 rings (SSSR count). The molecule has 192 valence electrons. The van der Waals surface area contributed by atoms with Crippen molar-refractivity contribution in [1.29, 1.82) is 0 Å². The lowest BCUT2D eigenvalue weighted by molar-refractivity contribution is -0.289. The van der Waals surface area contributed by atoms with Crippen molar-refractivity contribution in [3.63, 3.8) is 0 Å². The molecule has 0 atom stereocenters. The lowest BCUT2D eigenvalue weighted by Crippen LogP contribution is -2.33. The Labute approximate surface area is 199 Å². The number of benzene rings is 1. The Balaban J connectivity index is 1.40. The lowest BCUT2D eigenvalue weighted by atomic mass is 9.68. The van der Waals surface area contributed by atoms with Crippen LogP contribution in [0.25, 0.3) is 0 Å². The van der Waals surface area contributed by atoms with Gasteiger partial charge in [0.05, 0.1) is 5.92 Å². The summed E-state index contributed by atoms with van der Waals surface area (Å²) >= 11 is 0. The highest BCUT2D eigenvalue weighted by atomic mass is 19.4. The fourth-order valence-electron chi connectivity index (χ4n) is 5.73. The quantitative estimate of drug-likeness (QED) is 0.150. The number of carbonyl (C=O) groups is 1. The van der Waals surface area contributed by atoms with Crippen molar-refractivity contribution in [2.75, 3.05) is 0 Å². The predicted octanol–water partition coefficient (Wildman–Crippen LogP) is 8.83. The maximum absolute atomic E-state index is 13.4. The largest absolute Gasteiger partial charge is 0.458 e. The highest BCUT2D eigenvalue weighted by Gasteiger charge is 2.58. The standard InChI is InChI=1S/C27H37F5O2/c1-2-3-4-5-6-19-7-9-20(10-8-19)21-11-13-22(14-12-21)25(33)34-24-17-15-23(16-18-24)26(28,29)27(30,31)32/h15-22H,2-14H2,1H3. The first-order valence-electron chi connectivity index (χ1n) is 12.9. The molecule has 1 aromatic rings. The van der Waals surface area contributed by atoms with E-state index in [1.165, 1.54) is 57.8 Å². The summed E-state index contributed by atoms with van der Waals surface area (Å²) in [6.07, 6.45) is 9.67. The van der Waals surface area contributed by atoms with Gasteiger partial charge in [-0.3, -0.25) is 4.79 Å². The van der Waals surface area contributed by atoms with Gasteiger partial charge in [-0.15, -0.1) is 0 Å². The van der Waals surface area contributed by atoms with Gasteiger partial charge in [-0.2, -0.15) is 22.0 Å². The number of rotatable bonds is 9. The summed E-state index contributed by atoms with van der Waals surface area (Å²) in [5.41, 5.74) is -1.17. The summed E-state index contributed by atoms with van der Waals surface area (Å²) < 4.78 is 69.6. The minimum Gasteiger partial charge on any atom is -0.426 e. The summed E-state index contributed by atoms with van der Waals surface area (Å²) in [7, 11) is 0. The molecule has 0 bridgehead atoms. The zero-order valence-electron chi connectivity index (χ0n) is 20.0. The van der Waals surface area contributed by atoms with Crippen LogP contribution in [0.15, 0.2) is 24.3 Å². The fraction of sp³-hybridized carbons (Fsp3) is 0.741. The molecule has 0 amide bonds. The third kappa shape index (κ3) is 6.94. The first-order valence-corrected chi connectivity index (χ1v) is 12.9.